The minimum Gasteiger partial charge on any atom is -0.414 e. The number of ether oxygens (including phenoxy) is 5. The standard InChI is InChI=1S/C34H46O6Si/c1-34(2,3)41(5,6)39-25-29-30(36-22-26-16-10-7-11-17-26)31(37-23-27-18-12-8-13-19-27)32(33(35-4)40-29)38-24-28-20-14-9-15-21-28/h7-21,29-33H,22-25H2,1-6H3. The third-order valence-electron chi connectivity index (χ3n) is 8.09. The molecule has 41 heavy (non-hydrogen) atoms. The molecule has 5 unspecified atom stereocenters. The summed E-state index contributed by atoms with van der Waals surface area (Å²) in [7, 11) is -0.408. The molecule has 0 saturated carbocycles. The molecule has 1 saturated heterocycles. The van der Waals surface area contributed by atoms with Gasteiger partial charge in [0, 0.05) is 7.11 Å². The normalized spacial score (nSPS) is 23.4. The molecule has 0 spiro atoms. The Morgan fingerprint density at radius 3 is 1.46 bits per heavy atom. The fraction of sp³-hybridized carbons (Fsp3) is 0.471. The molecule has 6 nitrogen and oxygen atoms in total. The number of rotatable bonds is 13. The maximum Gasteiger partial charge on any atom is 0.192 e. The molecule has 3 aromatic rings. The van der Waals surface area contributed by atoms with E-state index < -0.39 is 39.0 Å². The Morgan fingerprint density at radius 2 is 1.05 bits per heavy atom. The third kappa shape index (κ3) is 8.81. The lowest BCUT2D eigenvalue weighted by molar-refractivity contribution is -0.320. The summed E-state index contributed by atoms with van der Waals surface area (Å²) in [4.78, 5) is 0. The topological polar surface area (TPSA) is 55.4 Å². The number of hydrogen-bond acceptors (Lipinski definition) is 6. The van der Waals surface area contributed by atoms with E-state index in [0.717, 1.165) is 16.7 Å². The highest BCUT2D eigenvalue weighted by molar-refractivity contribution is 6.74. The van der Waals surface area contributed by atoms with Crippen molar-refractivity contribution in [3.63, 3.8) is 0 Å². The van der Waals surface area contributed by atoms with Crippen molar-refractivity contribution in [2.45, 2.75) is 89.4 Å². The lowest BCUT2D eigenvalue weighted by Crippen LogP contribution is -2.62. The molecule has 5 atom stereocenters. The molecule has 0 radical (unpaired) electrons. The summed E-state index contributed by atoms with van der Waals surface area (Å²) in [5.74, 6) is 0. The average molecular weight is 579 g/mol. The van der Waals surface area contributed by atoms with Gasteiger partial charge in [0.15, 0.2) is 14.6 Å². The van der Waals surface area contributed by atoms with Gasteiger partial charge in [0.05, 0.1) is 26.4 Å². The zero-order valence-electron chi connectivity index (χ0n) is 25.3. The van der Waals surface area contributed by atoms with Crippen molar-refractivity contribution >= 4 is 8.32 Å². The molecule has 4 rings (SSSR count). The lowest BCUT2D eigenvalue weighted by atomic mass is 9.98. The molecule has 0 aliphatic carbocycles. The monoisotopic (exact) mass is 578 g/mol. The van der Waals surface area contributed by atoms with Crippen molar-refractivity contribution in [1.82, 2.24) is 0 Å². The van der Waals surface area contributed by atoms with Crippen LogP contribution in [0.2, 0.25) is 18.1 Å². The third-order valence-corrected chi connectivity index (χ3v) is 12.6. The smallest absolute Gasteiger partial charge is 0.192 e. The summed E-state index contributed by atoms with van der Waals surface area (Å²) in [6, 6.07) is 30.4. The SMILES string of the molecule is COC1OC(CO[Si](C)(C)C(C)(C)C)C(OCc2ccccc2)C(OCc2ccccc2)C1OCc1ccccc1. The van der Waals surface area contributed by atoms with Crippen molar-refractivity contribution in [2.75, 3.05) is 13.7 Å². The average Bonchev–Trinajstić information content (AvgIpc) is 2.98. The van der Waals surface area contributed by atoms with Crippen LogP contribution in [0.5, 0.6) is 0 Å². The van der Waals surface area contributed by atoms with Crippen molar-refractivity contribution in [3.05, 3.63) is 108 Å². The zero-order chi connectivity index (χ0) is 29.3. The molecule has 7 heteroatoms. The van der Waals surface area contributed by atoms with E-state index in [0.29, 0.717) is 26.4 Å². The van der Waals surface area contributed by atoms with Gasteiger partial charge >= 0.3 is 0 Å². The number of hydrogen-bond donors (Lipinski definition) is 0. The first-order valence-corrected chi connectivity index (χ1v) is 17.4. The van der Waals surface area contributed by atoms with E-state index in [-0.39, 0.29) is 5.04 Å². The van der Waals surface area contributed by atoms with Gasteiger partial charge in [-0.15, -0.1) is 0 Å². The first-order chi connectivity index (χ1) is 19.7. The molecule has 1 heterocycles. The van der Waals surface area contributed by atoms with Crippen LogP contribution >= 0.6 is 0 Å². The van der Waals surface area contributed by atoms with Crippen molar-refractivity contribution in [3.8, 4) is 0 Å². The summed E-state index contributed by atoms with van der Waals surface area (Å²) >= 11 is 0. The van der Waals surface area contributed by atoms with Gasteiger partial charge in [-0.1, -0.05) is 112 Å². The van der Waals surface area contributed by atoms with E-state index in [2.05, 4.69) is 58.1 Å². The Labute approximate surface area is 247 Å². The summed E-state index contributed by atoms with van der Waals surface area (Å²) < 4.78 is 39.0. The van der Waals surface area contributed by atoms with Crippen molar-refractivity contribution in [2.24, 2.45) is 0 Å². The molecule has 1 aliphatic heterocycles. The highest BCUT2D eigenvalue weighted by Crippen LogP contribution is 2.38. The van der Waals surface area contributed by atoms with Crippen LogP contribution in [-0.4, -0.2) is 52.7 Å². The van der Waals surface area contributed by atoms with Gasteiger partial charge in [-0.05, 0) is 34.8 Å². The Bertz CT molecular complexity index is 1150. The van der Waals surface area contributed by atoms with Crippen LogP contribution in [0.1, 0.15) is 37.5 Å². The van der Waals surface area contributed by atoms with Gasteiger partial charge in [0.2, 0.25) is 0 Å². The Balaban J connectivity index is 1.63. The van der Waals surface area contributed by atoms with Crippen LogP contribution < -0.4 is 0 Å². The minimum atomic E-state index is -2.06. The second-order valence-electron chi connectivity index (χ2n) is 12.1. The predicted octanol–water partition coefficient (Wildman–Crippen LogP) is 7.14. The van der Waals surface area contributed by atoms with Crippen LogP contribution in [-0.2, 0) is 47.9 Å². The van der Waals surface area contributed by atoms with Gasteiger partial charge in [-0.25, -0.2) is 0 Å². The first-order valence-electron chi connectivity index (χ1n) is 14.5. The van der Waals surface area contributed by atoms with Gasteiger partial charge in [-0.2, -0.15) is 0 Å². The Kier molecular flexibility index (Phi) is 11.3. The van der Waals surface area contributed by atoms with Gasteiger partial charge in [0.25, 0.3) is 0 Å². The summed E-state index contributed by atoms with van der Waals surface area (Å²) in [5, 5.41) is 0.0628. The first kappa shape index (κ1) is 31.6. The van der Waals surface area contributed by atoms with E-state index in [1.807, 2.05) is 66.7 Å². The fourth-order valence-corrected chi connectivity index (χ4v) is 5.59. The van der Waals surface area contributed by atoms with Crippen molar-refractivity contribution < 1.29 is 28.1 Å². The lowest BCUT2D eigenvalue weighted by Gasteiger charge is -2.46. The molecule has 222 valence electrons. The highest BCUT2D eigenvalue weighted by Gasteiger charge is 2.49. The zero-order valence-corrected chi connectivity index (χ0v) is 26.3. The number of benzene rings is 3. The second kappa shape index (κ2) is 14.7. The van der Waals surface area contributed by atoms with Crippen molar-refractivity contribution in [1.29, 1.82) is 0 Å². The number of methoxy groups -OCH3 is 1. The molecule has 0 amide bonds. The van der Waals surface area contributed by atoms with Gasteiger partial charge in [-0.3, -0.25) is 0 Å². The molecule has 0 bridgehead atoms. The van der Waals surface area contributed by atoms with E-state index in [4.69, 9.17) is 28.1 Å². The molecular formula is C34H46O6Si. The summed E-state index contributed by atoms with van der Waals surface area (Å²) in [6.45, 7) is 12.8. The molecule has 1 aliphatic rings. The molecule has 0 aromatic heterocycles. The fourth-order valence-electron chi connectivity index (χ4n) is 4.58. The molecule has 1 fully saturated rings. The van der Waals surface area contributed by atoms with Crippen LogP contribution in [0.4, 0.5) is 0 Å². The van der Waals surface area contributed by atoms with E-state index in [1.165, 1.54) is 0 Å². The maximum atomic E-state index is 6.68. The summed E-state index contributed by atoms with van der Waals surface area (Å²) in [5.41, 5.74) is 3.22. The highest BCUT2D eigenvalue weighted by atomic mass is 28.4. The van der Waals surface area contributed by atoms with E-state index >= 15 is 0 Å². The predicted molar refractivity (Wildman–Crippen MR) is 164 cm³/mol. The van der Waals surface area contributed by atoms with Crippen LogP contribution in [0.3, 0.4) is 0 Å². The molecule has 0 N–H and O–H groups in total. The van der Waals surface area contributed by atoms with E-state index in [9.17, 15) is 0 Å². The Morgan fingerprint density at radius 1 is 0.634 bits per heavy atom. The minimum absolute atomic E-state index is 0.0628. The van der Waals surface area contributed by atoms with Gasteiger partial charge < -0.3 is 28.1 Å². The van der Waals surface area contributed by atoms with Gasteiger partial charge in [0.1, 0.15) is 24.4 Å². The molecule has 3 aromatic carbocycles. The quantitative estimate of drug-likeness (QED) is 0.201. The molecular weight excluding hydrogens is 532 g/mol. The second-order valence-corrected chi connectivity index (χ2v) is 16.9. The van der Waals surface area contributed by atoms with E-state index in [1.54, 1.807) is 7.11 Å². The van der Waals surface area contributed by atoms with Crippen LogP contribution in [0, 0.1) is 0 Å². The summed E-state index contributed by atoms with van der Waals surface area (Å²) in [6.07, 6.45) is -2.49. The van der Waals surface area contributed by atoms with Crippen LogP contribution in [0.15, 0.2) is 91.0 Å². The maximum absolute atomic E-state index is 6.68. The van der Waals surface area contributed by atoms with Crippen LogP contribution in [0.25, 0.3) is 0 Å². The Hall–Kier alpha value is -2.36. The largest absolute Gasteiger partial charge is 0.414 e.